The molecule has 4 nitrogen and oxygen atoms in total. The number of carbonyl (C=O) groups excluding carboxylic acids is 1. The quantitative estimate of drug-likeness (QED) is 0.805. The minimum Gasteiger partial charge on any atom is -0.326 e. The SMILES string of the molecule is O=C1Cc2cc(-c3cnc(Cc4ccccc4F)nc3)ccc2N1. The van der Waals surface area contributed by atoms with Crippen LogP contribution in [0, 0.1) is 5.82 Å². The number of hydrogen-bond acceptors (Lipinski definition) is 3. The number of amides is 1. The minimum atomic E-state index is -0.249. The summed E-state index contributed by atoms with van der Waals surface area (Å²) in [5.74, 6) is 0.335. The fraction of sp³-hybridized carbons (Fsp3) is 0.105. The first-order chi connectivity index (χ1) is 11.7. The maximum absolute atomic E-state index is 13.7. The van der Waals surface area contributed by atoms with Crippen molar-refractivity contribution in [2.24, 2.45) is 0 Å². The van der Waals surface area contributed by atoms with E-state index in [-0.39, 0.29) is 11.7 Å². The number of anilines is 1. The summed E-state index contributed by atoms with van der Waals surface area (Å²) in [6.45, 7) is 0. The first-order valence-electron chi connectivity index (χ1n) is 7.66. The van der Waals surface area contributed by atoms with Gasteiger partial charge in [0.1, 0.15) is 11.6 Å². The molecule has 0 fully saturated rings. The molecule has 4 rings (SSSR count). The van der Waals surface area contributed by atoms with Crippen LogP contribution in [0.4, 0.5) is 10.1 Å². The van der Waals surface area contributed by atoms with Gasteiger partial charge in [-0.25, -0.2) is 14.4 Å². The topological polar surface area (TPSA) is 54.9 Å². The summed E-state index contributed by atoms with van der Waals surface area (Å²) in [6.07, 6.45) is 4.22. The molecule has 0 aliphatic carbocycles. The Morgan fingerprint density at radius 2 is 1.83 bits per heavy atom. The fourth-order valence-corrected chi connectivity index (χ4v) is 2.82. The van der Waals surface area contributed by atoms with Crippen LogP contribution in [-0.2, 0) is 17.6 Å². The normalized spacial score (nSPS) is 12.8. The van der Waals surface area contributed by atoms with Crippen molar-refractivity contribution in [1.82, 2.24) is 9.97 Å². The van der Waals surface area contributed by atoms with E-state index in [1.54, 1.807) is 30.6 Å². The van der Waals surface area contributed by atoms with Gasteiger partial charge in [-0.2, -0.15) is 0 Å². The summed E-state index contributed by atoms with van der Waals surface area (Å²) >= 11 is 0. The summed E-state index contributed by atoms with van der Waals surface area (Å²) in [5.41, 5.74) is 4.25. The molecule has 0 radical (unpaired) electrons. The Bertz CT molecular complexity index is 922. The minimum absolute atomic E-state index is 0.0126. The molecule has 0 bridgehead atoms. The van der Waals surface area contributed by atoms with Gasteiger partial charge in [-0.3, -0.25) is 4.79 Å². The highest BCUT2D eigenvalue weighted by Crippen LogP contribution is 2.28. The largest absolute Gasteiger partial charge is 0.326 e. The molecule has 118 valence electrons. The number of aromatic nitrogens is 2. The Balaban J connectivity index is 1.57. The van der Waals surface area contributed by atoms with E-state index in [2.05, 4.69) is 15.3 Å². The van der Waals surface area contributed by atoms with E-state index in [1.165, 1.54) is 6.07 Å². The highest BCUT2D eigenvalue weighted by Gasteiger charge is 2.17. The summed E-state index contributed by atoms with van der Waals surface area (Å²) in [5, 5.41) is 2.81. The van der Waals surface area contributed by atoms with E-state index in [1.807, 2.05) is 18.2 Å². The third-order valence-electron chi connectivity index (χ3n) is 4.08. The van der Waals surface area contributed by atoms with Gasteiger partial charge in [0.25, 0.3) is 0 Å². The lowest BCUT2D eigenvalue weighted by atomic mass is 10.0. The van der Waals surface area contributed by atoms with Gasteiger partial charge in [0, 0.05) is 30.1 Å². The number of nitrogens with one attached hydrogen (secondary N) is 1. The van der Waals surface area contributed by atoms with Crippen LogP contribution < -0.4 is 5.32 Å². The summed E-state index contributed by atoms with van der Waals surface area (Å²) < 4.78 is 13.7. The van der Waals surface area contributed by atoms with E-state index < -0.39 is 0 Å². The van der Waals surface area contributed by atoms with Crippen LogP contribution in [0.2, 0.25) is 0 Å². The Labute approximate surface area is 138 Å². The van der Waals surface area contributed by atoms with Crippen molar-refractivity contribution in [3.63, 3.8) is 0 Å². The van der Waals surface area contributed by atoms with Crippen LogP contribution in [-0.4, -0.2) is 15.9 Å². The number of hydrogen-bond donors (Lipinski definition) is 1. The van der Waals surface area contributed by atoms with Gasteiger partial charge in [0.15, 0.2) is 0 Å². The average molecular weight is 319 g/mol. The van der Waals surface area contributed by atoms with Crippen LogP contribution >= 0.6 is 0 Å². The predicted octanol–water partition coefficient (Wildman–Crippen LogP) is 3.37. The molecule has 1 amide bonds. The standard InChI is InChI=1S/C19H14FN3O/c20-16-4-2-1-3-13(16)8-18-21-10-15(11-22-18)12-5-6-17-14(7-12)9-19(24)23-17/h1-7,10-11H,8-9H2,(H,23,24). The third kappa shape index (κ3) is 2.76. The van der Waals surface area contributed by atoms with E-state index in [4.69, 9.17) is 0 Å². The zero-order valence-corrected chi connectivity index (χ0v) is 12.8. The Kier molecular flexibility index (Phi) is 3.54. The second-order valence-electron chi connectivity index (χ2n) is 5.75. The molecule has 5 heteroatoms. The number of rotatable bonds is 3. The smallest absolute Gasteiger partial charge is 0.228 e. The van der Waals surface area contributed by atoms with E-state index >= 15 is 0 Å². The van der Waals surface area contributed by atoms with Gasteiger partial charge in [-0.05, 0) is 34.9 Å². The molecule has 1 aliphatic heterocycles. The number of nitrogens with zero attached hydrogens (tertiary/aromatic N) is 2. The summed E-state index contributed by atoms with van der Waals surface area (Å²) in [6, 6.07) is 12.4. The predicted molar refractivity (Wildman–Crippen MR) is 89.0 cm³/mol. The average Bonchev–Trinajstić information content (AvgIpc) is 2.97. The molecular formula is C19H14FN3O. The number of benzene rings is 2. The molecule has 3 aromatic rings. The Morgan fingerprint density at radius 1 is 1.04 bits per heavy atom. The van der Waals surface area contributed by atoms with Gasteiger partial charge in [0.05, 0.1) is 6.42 Å². The summed E-state index contributed by atoms with van der Waals surface area (Å²) in [7, 11) is 0. The highest BCUT2D eigenvalue weighted by molar-refractivity contribution is 5.99. The molecule has 0 saturated heterocycles. The van der Waals surface area contributed by atoms with Crippen molar-refractivity contribution in [2.45, 2.75) is 12.8 Å². The van der Waals surface area contributed by atoms with Gasteiger partial charge < -0.3 is 5.32 Å². The van der Waals surface area contributed by atoms with Gasteiger partial charge in [-0.15, -0.1) is 0 Å². The van der Waals surface area contributed by atoms with Crippen molar-refractivity contribution in [3.8, 4) is 11.1 Å². The molecule has 24 heavy (non-hydrogen) atoms. The first-order valence-corrected chi connectivity index (χ1v) is 7.66. The lowest BCUT2D eigenvalue weighted by Gasteiger charge is -2.06. The monoisotopic (exact) mass is 319 g/mol. The molecule has 1 aromatic heterocycles. The van der Waals surface area contributed by atoms with Crippen LogP contribution in [0.15, 0.2) is 54.9 Å². The van der Waals surface area contributed by atoms with E-state index in [9.17, 15) is 9.18 Å². The lowest BCUT2D eigenvalue weighted by molar-refractivity contribution is -0.115. The third-order valence-corrected chi connectivity index (χ3v) is 4.08. The van der Waals surface area contributed by atoms with Gasteiger partial charge in [-0.1, -0.05) is 24.3 Å². The van der Waals surface area contributed by atoms with Crippen LogP contribution in [0.3, 0.4) is 0 Å². The van der Waals surface area contributed by atoms with Gasteiger partial charge in [0.2, 0.25) is 5.91 Å². The molecule has 1 N–H and O–H groups in total. The van der Waals surface area contributed by atoms with E-state index in [0.29, 0.717) is 24.2 Å². The van der Waals surface area contributed by atoms with Crippen molar-refractivity contribution in [2.75, 3.05) is 5.32 Å². The molecule has 0 atom stereocenters. The molecule has 2 aromatic carbocycles. The lowest BCUT2D eigenvalue weighted by Crippen LogP contribution is -2.03. The molecule has 1 aliphatic rings. The van der Waals surface area contributed by atoms with Crippen LogP contribution in [0.25, 0.3) is 11.1 Å². The molecule has 0 spiro atoms. The molecule has 0 unspecified atom stereocenters. The zero-order valence-electron chi connectivity index (χ0n) is 12.8. The number of halogens is 1. The van der Waals surface area contributed by atoms with Crippen LogP contribution in [0.1, 0.15) is 17.0 Å². The van der Waals surface area contributed by atoms with E-state index in [0.717, 1.165) is 22.4 Å². The maximum atomic E-state index is 13.7. The number of carbonyl (C=O) groups is 1. The number of fused-ring (bicyclic) bond motifs is 1. The highest BCUT2D eigenvalue weighted by atomic mass is 19.1. The van der Waals surface area contributed by atoms with Crippen molar-refractivity contribution in [1.29, 1.82) is 0 Å². The second-order valence-corrected chi connectivity index (χ2v) is 5.75. The van der Waals surface area contributed by atoms with Crippen molar-refractivity contribution in [3.05, 3.63) is 77.6 Å². The van der Waals surface area contributed by atoms with Crippen molar-refractivity contribution >= 4 is 11.6 Å². The Hall–Kier alpha value is -3.08. The fourth-order valence-electron chi connectivity index (χ4n) is 2.82. The molecule has 2 heterocycles. The van der Waals surface area contributed by atoms with Crippen molar-refractivity contribution < 1.29 is 9.18 Å². The summed E-state index contributed by atoms with van der Waals surface area (Å²) in [4.78, 5) is 20.1. The van der Waals surface area contributed by atoms with Crippen LogP contribution in [0.5, 0.6) is 0 Å². The van der Waals surface area contributed by atoms with Gasteiger partial charge >= 0.3 is 0 Å². The maximum Gasteiger partial charge on any atom is 0.228 e. The zero-order chi connectivity index (χ0) is 16.5. The molecule has 0 saturated carbocycles. The first kappa shape index (κ1) is 14.5. The molecular weight excluding hydrogens is 305 g/mol. The second kappa shape index (κ2) is 5.85. The Morgan fingerprint density at radius 3 is 2.62 bits per heavy atom.